The number of ether oxygens (including phenoxy) is 1. The highest BCUT2D eigenvalue weighted by Gasteiger charge is 2.18. The maximum absolute atomic E-state index is 14.1. The van der Waals surface area contributed by atoms with Crippen LogP contribution in [0.5, 0.6) is 11.5 Å². The van der Waals surface area contributed by atoms with E-state index in [4.69, 9.17) is 4.74 Å². The van der Waals surface area contributed by atoms with Gasteiger partial charge in [-0.15, -0.1) is 0 Å². The summed E-state index contributed by atoms with van der Waals surface area (Å²) in [7, 11) is 0. The largest absolute Gasteiger partial charge is 0.504 e. The van der Waals surface area contributed by atoms with Crippen LogP contribution < -0.4 is 4.74 Å². The molecule has 0 aliphatic rings. The lowest BCUT2D eigenvalue weighted by atomic mass is 10.00. The molecule has 0 amide bonds. The molecule has 0 aliphatic heterocycles. The summed E-state index contributed by atoms with van der Waals surface area (Å²) in [4.78, 5) is 12.2. The van der Waals surface area contributed by atoms with Gasteiger partial charge in [-0.2, -0.15) is 4.39 Å². The van der Waals surface area contributed by atoms with E-state index in [1.807, 2.05) is 0 Å². The Morgan fingerprint density at radius 2 is 1.89 bits per heavy atom. The molecule has 0 heterocycles. The second-order valence-corrected chi connectivity index (χ2v) is 6.20. The number of carbonyl (C=O) groups is 1. The van der Waals surface area contributed by atoms with Crippen molar-refractivity contribution >= 4 is 5.78 Å². The minimum absolute atomic E-state index is 0.0457. The highest BCUT2D eigenvalue weighted by atomic mass is 19.1. The zero-order valence-electron chi connectivity index (χ0n) is 15.2. The number of alkyl halides is 1. The first-order chi connectivity index (χ1) is 13.0. The number of halogens is 3. The van der Waals surface area contributed by atoms with Crippen molar-refractivity contribution in [1.29, 1.82) is 0 Å². The van der Waals surface area contributed by atoms with Crippen molar-refractivity contribution in [2.75, 3.05) is 13.3 Å². The number of ketones is 1. The maximum atomic E-state index is 14.1. The van der Waals surface area contributed by atoms with Crippen molar-refractivity contribution in [2.45, 2.75) is 39.0 Å². The summed E-state index contributed by atoms with van der Waals surface area (Å²) in [5.74, 6) is -2.60. The van der Waals surface area contributed by atoms with Gasteiger partial charge in [-0.05, 0) is 61.9 Å². The van der Waals surface area contributed by atoms with Crippen molar-refractivity contribution in [3.05, 3.63) is 58.7 Å². The van der Waals surface area contributed by atoms with Gasteiger partial charge in [0.1, 0.15) is 5.82 Å². The fourth-order valence-electron chi connectivity index (χ4n) is 2.83. The first kappa shape index (κ1) is 20.8. The summed E-state index contributed by atoms with van der Waals surface area (Å²) in [6.07, 6.45) is 1.57. The molecule has 0 atom stereocenters. The van der Waals surface area contributed by atoms with E-state index >= 15 is 0 Å². The summed E-state index contributed by atoms with van der Waals surface area (Å²) in [6, 6.07) is 7.42. The predicted octanol–water partition coefficient (Wildman–Crippen LogP) is 5.18. The molecule has 3 nitrogen and oxygen atoms in total. The van der Waals surface area contributed by atoms with Crippen LogP contribution in [0.15, 0.2) is 30.3 Å². The molecular weight excluding hydrogens is 357 g/mol. The number of aromatic hydroxyl groups is 1. The van der Waals surface area contributed by atoms with E-state index in [1.165, 1.54) is 18.2 Å². The Hall–Kier alpha value is -2.50. The smallest absolute Gasteiger partial charge is 0.207 e. The van der Waals surface area contributed by atoms with Gasteiger partial charge >= 0.3 is 0 Å². The zero-order valence-corrected chi connectivity index (χ0v) is 15.2. The highest BCUT2D eigenvalue weighted by molar-refractivity contribution is 5.98. The van der Waals surface area contributed by atoms with E-state index < -0.39 is 24.0 Å². The quantitative estimate of drug-likeness (QED) is 0.578. The number of carbonyl (C=O) groups excluding carboxylic acids is 1. The van der Waals surface area contributed by atoms with Gasteiger partial charge in [0.15, 0.2) is 17.3 Å². The minimum atomic E-state index is -0.961. The van der Waals surface area contributed by atoms with Gasteiger partial charge in [-0.3, -0.25) is 9.18 Å². The van der Waals surface area contributed by atoms with Crippen molar-refractivity contribution in [2.24, 2.45) is 0 Å². The Labute approximate surface area is 156 Å². The maximum Gasteiger partial charge on any atom is 0.207 e. The van der Waals surface area contributed by atoms with Crippen LogP contribution in [-0.2, 0) is 12.8 Å². The second-order valence-electron chi connectivity index (χ2n) is 6.20. The fourth-order valence-corrected chi connectivity index (χ4v) is 2.83. The minimum Gasteiger partial charge on any atom is -0.504 e. The van der Waals surface area contributed by atoms with E-state index in [1.54, 1.807) is 19.1 Å². The first-order valence-corrected chi connectivity index (χ1v) is 8.98. The van der Waals surface area contributed by atoms with Crippen LogP contribution in [-0.4, -0.2) is 24.2 Å². The van der Waals surface area contributed by atoms with Crippen LogP contribution >= 0.6 is 0 Å². The average Bonchev–Trinajstić information content (AvgIpc) is 2.65. The SMILES string of the molecule is CCOc1ccc(C(=O)CCCc2ccc(CCCF)cc2F)c(O)c1F. The molecule has 0 unspecified atom stereocenters. The normalized spacial score (nSPS) is 10.8. The Morgan fingerprint density at radius 3 is 2.56 bits per heavy atom. The molecule has 27 heavy (non-hydrogen) atoms. The van der Waals surface area contributed by atoms with E-state index in [2.05, 4.69) is 0 Å². The summed E-state index contributed by atoms with van der Waals surface area (Å²) < 4.78 is 45.3. The lowest BCUT2D eigenvalue weighted by Crippen LogP contribution is -2.04. The highest BCUT2D eigenvalue weighted by Crippen LogP contribution is 2.30. The van der Waals surface area contributed by atoms with Crippen LogP contribution in [0.4, 0.5) is 13.2 Å². The van der Waals surface area contributed by atoms with E-state index in [0.717, 1.165) is 5.56 Å². The van der Waals surface area contributed by atoms with Crippen LogP contribution in [0.3, 0.4) is 0 Å². The summed E-state index contributed by atoms with van der Waals surface area (Å²) in [5, 5.41) is 9.87. The van der Waals surface area contributed by atoms with Crippen LogP contribution in [0.2, 0.25) is 0 Å². The lowest BCUT2D eigenvalue weighted by Gasteiger charge is -2.10. The molecule has 0 spiro atoms. The number of hydrogen-bond donors (Lipinski definition) is 1. The summed E-state index contributed by atoms with van der Waals surface area (Å²) in [6.45, 7) is 1.48. The molecule has 0 aliphatic carbocycles. The molecule has 2 aromatic carbocycles. The number of hydrogen-bond acceptors (Lipinski definition) is 3. The molecule has 0 fully saturated rings. The number of phenolic OH excluding ortho intramolecular Hbond substituents is 1. The van der Waals surface area contributed by atoms with Crippen LogP contribution in [0.25, 0.3) is 0 Å². The number of aryl methyl sites for hydroxylation is 2. The topological polar surface area (TPSA) is 46.5 Å². The Kier molecular flexibility index (Phi) is 7.70. The van der Waals surface area contributed by atoms with Crippen molar-refractivity contribution in [1.82, 2.24) is 0 Å². The van der Waals surface area contributed by atoms with Gasteiger partial charge in [0.2, 0.25) is 5.82 Å². The molecular formula is C21H23F3O3. The molecule has 2 rings (SSSR count). The number of rotatable bonds is 10. The van der Waals surface area contributed by atoms with Gasteiger partial charge in [-0.1, -0.05) is 12.1 Å². The number of phenols is 1. The monoisotopic (exact) mass is 380 g/mol. The van der Waals surface area contributed by atoms with Gasteiger partial charge < -0.3 is 9.84 Å². The zero-order chi connectivity index (χ0) is 19.8. The summed E-state index contributed by atoms with van der Waals surface area (Å²) >= 11 is 0. The molecule has 0 saturated carbocycles. The van der Waals surface area contributed by atoms with Gasteiger partial charge in [0.05, 0.1) is 18.8 Å². The van der Waals surface area contributed by atoms with E-state index in [-0.39, 0.29) is 30.2 Å². The third-order valence-corrected chi connectivity index (χ3v) is 4.25. The second kappa shape index (κ2) is 10.00. The van der Waals surface area contributed by atoms with Crippen molar-refractivity contribution < 1.29 is 27.8 Å². The molecule has 0 saturated heterocycles. The van der Waals surface area contributed by atoms with Crippen LogP contribution in [0.1, 0.15) is 47.7 Å². The van der Waals surface area contributed by atoms with Crippen molar-refractivity contribution in [3.8, 4) is 11.5 Å². The predicted molar refractivity (Wildman–Crippen MR) is 97.2 cm³/mol. The van der Waals surface area contributed by atoms with Gasteiger partial charge in [0, 0.05) is 6.42 Å². The molecule has 0 radical (unpaired) electrons. The Morgan fingerprint density at radius 1 is 1.11 bits per heavy atom. The molecule has 0 bridgehead atoms. The summed E-state index contributed by atoms with van der Waals surface area (Å²) in [5.41, 5.74) is 1.09. The van der Waals surface area contributed by atoms with E-state index in [0.29, 0.717) is 31.2 Å². The third kappa shape index (κ3) is 5.49. The fraction of sp³-hybridized carbons (Fsp3) is 0.381. The molecule has 6 heteroatoms. The Bertz CT molecular complexity index is 790. The van der Waals surface area contributed by atoms with Crippen LogP contribution in [0, 0.1) is 11.6 Å². The molecule has 2 aromatic rings. The first-order valence-electron chi connectivity index (χ1n) is 8.98. The number of benzene rings is 2. The molecule has 146 valence electrons. The molecule has 0 aromatic heterocycles. The number of Topliss-reactive ketones (excluding diaryl/α,β-unsaturated/α-hetero) is 1. The van der Waals surface area contributed by atoms with Crippen molar-refractivity contribution in [3.63, 3.8) is 0 Å². The third-order valence-electron chi connectivity index (χ3n) is 4.25. The average molecular weight is 380 g/mol. The lowest BCUT2D eigenvalue weighted by molar-refractivity contribution is 0.0976. The van der Waals surface area contributed by atoms with Gasteiger partial charge in [0.25, 0.3) is 0 Å². The van der Waals surface area contributed by atoms with E-state index in [9.17, 15) is 23.1 Å². The molecule has 1 N–H and O–H groups in total. The van der Waals surface area contributed by atoms with Gasteiger partial charge in [-0.25, -0.2) is 4.39 Å². The standard InChI is InChI=1S/C21H23F3O3/c1-2-27-19-11-10-16(21(26)20(19)24)18(25)7-3-6-15-9-8-14(5-4-12-22)13-17(15)23/h8-11,13,26H,2-7,12H2,1H3. The Balaban J connectivity index is 1.95.